The molecule has 0 unspecified atom stereocenters. The summed E-state index contributed by atoms with van der Waals surface area (Å²) in [6.45, 7) is 18.8. The molecule has 71 heavy (non-hydrogen) atoms. The van der Waals surface area contributed by atoms with Crippen LogP contribution >= 0.6 is 0 Å². The van der Waals surface area contributed by atoms with E-state index in [9.17, 15) is 67.1 Å². The molecular weight excluding hydrogens is 937 g/mol. The Hall–Kier alpha value is -8.50. The van der Waals surface area contributed by atoms with Crippen LogP contribution in [0.25, 0.3) is 0 Å². The monoisotopic (exact) mass is 992 g/mol. The molecule has 0 aromatic carbocycles. The molecule has 0 saturated heterocycles. The summed E-state index contributed by atoms with van der Waals surface area (Å²) in [6, 6.07) is 0. The zero-order chi connectivity index (χ0) is 53.6. The Labute approximate surface area is 408 Å². The first-order valence-corrected chi connectivity index (χ1v) is 21.6. The summed E-state index contributed by atoms with van der Waals surface area (Å²) in [6.07, 6.45) is 12.5. The average Bonchev–Trinajstić information content (AvgIpc) is 4.04. The highest BCUT2D eigenvalue weighted by Gasteiger charge is 2.26. The number of hydrogen-bond donors (Lipinski definition) is 0. The third kappa shape index (κ3) is 23.9. The molecule has 0 saturated carbocycles. The number of nitrogens with zero attached hydrogens (tertiary/aromatic N) is 4. The maximum atomic E-state index is 11.6. The number of amides is 8. The number of imide groups is 4. The molecule has 4 heterocycles. The van der Waals surface area contributed by atoms with Crippen LogP contribution in [0.5, 0.6) is 0 Å². The highest BCUT2D eigenvalue weighted by Crippen LogP contribution is 2.09. The van der Waals surface area contributed by atoms with E-state index in [2.05, 4.69) is 31.1 Å². The van der Waals surface area contributed by atoms with Crippen LogP contribution < -0.4 is 0 Å². The summed E-state index contributed by atoms with van der Waals surface area (Å²) >= 11 is 0. The van der Waals surface area contributed by atoms with E-state index < -0.39 is 41.7 Å². The number of ketones is 1. The number of ether oxygens (including phenoxy) is 5. The van der Waals surface area contributed by atoms with Gasteiger partial charge in [-0.3, -0.25) is 67.5 Å². The summed E-state index contributed by atoms with van der Waals surface area (Å²) in [5, 5.41) is 0. The Morgan fingerprint density at radius 3 is 1.03 bits per heavy atom. The number of carbonyl (C=O) groups excluding carboxylic acids is 14. The molecule has 0 N–H and O–H groups in total. The van der Waals surface area contributed by atoms with Crippen LogP contribution in [0.15, 0.2) is 97.7 Å². The van der Waals surface area contributed by atoms with E-state index in [1.807, 2.05) is 0 Å². The molecule has 0 bridgehead atoms. The minimum atomic E-state index is -0.572. The highest BCUT2D eigenvalue weighted by atomic mass is 16.5. The number of rotatable bonds is 25. The Balaban J connectivity index is 0.000000480. The summed E-state index contributed by atoms with van der Waals surface area (Å²) in [7, 11) is 0. The predicted octanol–water partition coefficient (Wildman–Crippen LogP) is 1.19. The molecule has 0 atom stereocenters. The first kappa shape index (κ1) is 60.5. The lowest BCUT2D eigenvalue weighted by Gasteiger charge is -2.13. The van der Waals surface area contributed by atoms with Gasteiger partial charge in [-0.15, -0.1) is 0 Å². The van der Waals surface area contributed by atoms with Gasteiger partial charge >= 0.3 is 29.8 Å². The van der Waals surface area contributed by atoms with Gasteiger partial charge in [-0.05, 0) is 40.0 Å². The van der Waals surface area contributed by atoms with Gasteiger partial charge in [0.15, 0.2) is 0 Å². The number of Topliss-reactive ketones (excluding diaryl/α,β-unsaturated/α-hetero) is 1. The Bertz CT molecular complexity index is 2120. The molecule has 0 radical (unpaired) electrons. The third-order valence-corrected chi connectivity index (χ3v) is 8.93. The molecule has 8 amide bonds. The molecule has 0 spiro atoms. The van der Waals surface area contributed by atoms with Gasteiger partial charge in [-0.1, -0.05) is 26.3 Å². The number of hydrogen-bond acceptors (Lipinski definition) is 19. The van der Waals surface area contributed by atoms with E-state index in [1.54, 1.807) is 6.92 Å². The van der Waals surface area contributed by atoms with Crippen molar-refractivity contribution in [3.05, 3.63) is 97.7 Å². The van der Waals surface area contributed by atoms with Crippen molar-refractivity contribution in [1.82, 2.24) is 19.6 Å². The SMILES string of the molecule is C=C(C)C(=O)OCCCC(=O)CCCN1C(=O)C=CC1=O.C=C(C)C(=O)OCCCC(=O)OCCN1C(=O)C=CC1=O.C=C(C)C(=O)OCCN1C(=O)C=CC1=O.C=CC(=O)OCCN1C(=O)C=CC1=O. The van der Waals surface area contributed by atoms with E-state index in [4.69, 9.17) is 18.9 Å². The van der Waals surface area contributed by atoms with Crippen LogP contribution in [-0.2, 0) is 90.8 Å². The normalized spacial score (nSPS) is 14.0. The average molecular weight is 993 g/mol. The number of esters is 5. The maximum absolute atomic E-state index is 11.6. The molecule has 0 fully saturated rings. The van der Waals surface area contributed by atoms with E-state index in [1.165, 1.54) is 62.5 Å². The van der Waals surface area contributed by atoms with Crippen molar-refractivity contribution in [2.24, 2.45) is 0 Å². The molecular formula is C48H56N4O19. The Morgan fingerprint density at radius 2 is 0.690 bits per heavy atom. The van der Waals surface area contributed by atoms with Gasteiger partial charge < -0.3 is 23.7 Å². The smallest absolute Gasteiger partial charge is 0.333 e. The quantitative estimate of drug-likeness (QED) is 0.0408. The highest BCUT2D eigenvalue weighted by molar-refractivity contribution is 6.14. The van der Waals surface area contributed by atoms with Crippen LogP contribution in [0.2, 0.25) is 0 Å². The van der Waals surface area contributed by atoms with Crippen molar-refractivity contribution in [1.29, 1.82) is 0 Å². The van der Waals surface area contributed by atoms with E-state index >= 15 is 0 Å². The largest absolute Gasteiger partial charge is 0.464 e. The van der Waals surface area contributed by atoms with Crippen LogP contribution in [0, 0.1) is 0 Å². The van der Waals surface area contributed by atoms with Crippen molar-refractivity contribution in [2.45, 2.75) is 59.3 Å². The second-order valence-corrected chi connectivity index (χ2v) is 14.8. The fourth-order valence-electron chi connectivity index (χ4n) is 5.20. The zero-order valence-corrected chi connectivity index (χ0v) is 39.7. The summed E-state index contributed by atoms with van der Waals surface area (Å²) in [5.41, 5.74) is 0.910. The van der Waals surface area contributed by atoms with Gasteiger partial charge in [0.2, 0.25) is 0 Å². The lowest BCUT2D eigenvalue weighted by atomic mass is 10.1. The lowest BCUT2D eigenvalue weighted by molar-refractivity contribution is -0.148. The van der Waals surface area contributed by atoms with Gasteiger partial charge in [0.25, 0.3) is 47.3 Å². The van der Waals surface area contributed by atoms with Crippen molar-refractivity contribution in [2.75, 3.05) is 59.2 Å². The summed E-state index contributed by atoms with van der Waals surface area (Å²) in [5.74, 6) is -5.54. The van der Waals surface area contributed by atoms with Crippen molar-refractivity contribution < 1.29 is 90.8 Å². The second-order valence-electron chi connectivity index (χ2n) is 14.8. The topological polar surface area (TPSA) is 298 Å². The van der Waals surface area contributed by atoms with Gasteiger partial charge in [0, 0.05) is 97.2 Å². The van der Waals surface area contributed by atoms with Crippen molar-refractivity contribution >= 4 is 82.9 Å². The minimum absolute atomic E-state index is 0.00907. The molecule has 0 aliphatic carbocycles. The first-order chi connectivity index (χ1) is 33.5. The third-order valence-electron chi connectivity index (χ3n) is 8.93. The Kier molecular flexibility index (Phi) is 27.5. The van der Waals surface area contributed by atoms with Crippen LogP contribution in [0.1, 0.15) is 59.3 Å². The minimum Gasteiger partial charge on any atom is -0.464 e. The summed E-state index contributed by atoms with van der Waals surface area (Å²) in [4.78, 5) is 160. The van der Waals surface area contributed by atoms with E-state index in [0.717, 1.165) is 25.7 Å². The second kappa shape index (κ2) is 32.3. The van der Waals surface area contributed by atoms with Crippen LogP contribution in [-0.4, -0.2) is 162 Å². The van der Waals surface area contributed by atoms with Crippen LogP contribution in [0.4, 0.5) is 0 Å². The first-order valence-electron chi connectivity index (χ1n) is 21.6. The van der Waals surface area contributed by atoms with Gasteiger partial charge in [0.05, 0.1) is 32.8 Å². The van der Waals surface area contributed by atoms with E-state index in [0.29, 0.717) is 43.3 Å². The fourth-order valence-corrected chi connectivity index (χ4v) is 5.20. The van der Waals surface area contributed by atoms with Gasteiger partial charge in [-0.25, -0.2) is 19.2 Å². The fraction of sp³-hybridized carbons (Fsp3) is 0.375. The molecule has 4 rings (SSSR count). The number of carbonyl (C=O) groups is 14. The predicted molar refractivity (Wildman–Crippen MR) is 246 cm³/mol. The maximum Gasteiger partial charge on any atom is 0.333 e. The van der Waals surface area contributed by atoms with Crippen LogP contribution in [0.3, 0.4) is 0 Å². The standard InChI is InChI=1S/C15H19NO5.C14H17NO6.C10H11NO4.C9H9NO4/c1-11(2)15(20)21-10-4-6-12(17)5-3-9-16-13(18)7-8-14(16)19;1-10(2)14(19)21-8-3-4-13(18)20-9-7-15-11(16)5-6-12(15)17;1-7(2)10(14)15-6-5-11-8(12)3-4-9(11)13;1-2-9(13)14-6-5-10-7(11)3-4-8(10)12/h7-8H,1,3-6,9-10H2,2H3;5-6H,1,3-4,7-9H2,2H3;3-4H,1,5-6H2,2H3;2-4H,1,5-6H2. The molecule has 23 heteroatoms. The summed E-state index contributed by atoms with van der Waals surface area (Å²) < 4.78 is 23.9. The lowest BCUT2D eigenvalue weighted by Crippen LogP contribution is -2.33. The molecule has 0 aromatic heterocycles. The van der Waals surface area contributed by atoms with Crippen molar-refractivity contribution in [3.63, 3.8) is 0 Å². The molecule has 23 nitrogen and oxygen atoms in total. The Morgan fingerprint density at radius 1 is 0.408 bits per heavy atom. The molecule has 382 valence electrons. The van der Waals surface area contributed by atoms with E-state index in [-0.39, 0.29) is 112 Å². The van der Waals surface area contributed by atoms with Gasteiger partial charge in [-0.2, -0.15) is 0 Å². The molecule has 4 aliphatic heterocycles. The van der Waals surface area contributed by atoms with Crippen molar-refractivity contribution in [3.8, 4) is 0 Å². The van der Waals surface area contributed by atoms with Gasteiger partial charge in [0.1, 0.15) is 25.6 Å². The molecule has 4 aliphatic rings. The zero-order valence-electron chi connectivity index (χ0n) is 39.7. The molecule has 0 aromatic rings.